The minimum Gasteiger partial charge on any atom is -0.293 e. The van der Waals surface area contributed by atoms with Crippen molar-refractivity contribution < 1.29 is 9.72 Å². The largest absolute Gasteiger partial charge is 0.293 e. The van der Waals surface area contributed by atoms with Gasteiger partial charge in [0.2, 0.25) is 0 Å². The maximum atomic E-state index is 11.9. The molecule has 4 heteroatoms. The molecule has 0 aromatic heterocycles. The van der Waals surface area contributed by atoms with Gasteiger partial charge in [-0.1, -0.05) is 32.9 Å². The third-order valence-corrected chi connectivity index (χ3v) is 2.03. The van der Waals surface area contributed by atoms with Crippen LogP contribution in [0.25, 0.3) is 0 Å². The van der Waals surface area contributed by atoms with E-state index < -0.39 is 10.3 Å². The van der Waals surface area contributed by atoms with Crippen LogP contribution in [-0.2, 0) is 0 Å². The van der Waals surface area contributed by atoms with E-state index in [1.54, 1.807) is 32.9 Å². The molecule has 0 fully saturated rings. The van der Waals surface area contributed by atoms with Crippen LogP contribution < -0.4 is 0 Å². The molecule has 15 heavy (non-hydrogen) atoms. The van der Waals surface area contributed by atoms with E-state index in [0.717, 1.165) is 0 Å². The summed E-state index contributed by atoms with van der Waals surface area (Å²) in [7, 11) is 0. The summed E-state index contributed by atoms with van der Waals surface area (Å²) < 4.78 is 0. The van der Waals surface area contributed by atoms with Gasteiger partial charge in [-0.2, -0.15) is 0 Å². The maximum absolute atomic E-state index is 11.9. The Morgan fingerprint density at radius 1 is 1.27 bits per heavy atom. The van der Waals surface area contributed by atoms with Crippen LogP contribution >= 0.6 is 0 Å². The molecule has 0 N–H and O–H groups in total. The predicted molar refractivity (Wildman–Crippen MR) is 56.9 cm³/mol. The van der Waals surface area contributed by atoms with Crippen LogP contribution in [-0.4, -0.2) is 10.7 Å². The number of rotatable bonds is 2. The van der Waals surface area contributed by atoms with Crippen molar-refractivity contribution in [2.75, 3.05) is 0 Å². The van der Waals surface area contributed by atoms with Gasteiger partial charge >= 0.3 is 0 Å². The van der Waals surface area contributed by atoms with Crippen LogP contribution in [0.3, 0.4) is 0 Å². The van der Waals surface area contributed by atoms with E-state index in [2.05, 4.69) is 0 Å². The minimum atomic E-state index is -0.605. The highest BCUT2D eigenvalue weighted by molar-refractivity contribution is 6.03. The Bertz CT molecular complexity index is 405. The van der Waals surface area contributed by atoms with E-state index >= 15 is 0 Å². The fourth-order valence-corrected chi connectivity index (χ4v) is 1.23. The van der Waals surface area contributed by atoms with Crippen molar-refractivity contribution in [1.82, 2.24) is 0 Å². The van der Waals surface area contributed by atoms with Gasteiger partial charge in [0.05, 0.1) is 10.5 Å². The molecule has 0 saturated carbocycles. The van der Waals surface area contributed by atoms with Crippen molar-refractivity contribution >= 4 is 11.5 Å². The van der Waals surface area contributed by atoms with Crippen LogP contribution in [0.1, 0.15) is 31.1 Å². The molecular weight excluding hydrogens is 194 g/mol. The first-order valence-electron chi connectivity index (χ1n) is 4.62. The Morgan fingerprint density at radius 2 is 1.80 bits per heavy atom. The van der Waals surface area contributed by atoms with Crippen molar-refractivity contribution in [2.45, 2.75) is 20.8 Å². The zero-order valence-corrected chi connectivity index (χ0v) is 8.98. The highest BCUT2D eigenvalue weighted by atomic mass is 16.6. The molecule has 4 nitrogen and oxygen atoms in total. The summed E-state index contributed by atoms with van der Waals surface area (Å²) >= 11 is 0. The smallest absolute Gasteiger partial charge is 0.280 e. The number of carbonyl (C=O) groups is 1. The molecule has 0 spiro atoms. The quantitative estimate of drug-likeness (QED) is 0.425. The van der Waals surface area contributed by atoms with Crippen molar-refractivity contribution in [3.8, 4) is 0 Å². The van der Waals surface area contributed by atoms with Gasteiger partial charge in [-0.25, -0.2) is 0 Å². The average Bonchev–Trinajstić information content (AvgIpc) is 2.15. The average molecular weight is 207 g/mol. The Balaban J connectivity index is 3.26. The first kappa shape index (κ1) is 11.4. The van der Waals surface area contributed by atoms with Gasteiger partial charge in [0, 0.05) is 11.5 Å². The van der Waals surface area contributed by atoms with Crippen LogP contribution in [0.4, 0.5) is 5.69 Å². The monoisotopic (exact) mass is 207 g/mol. The molecule has 0 radical (unpaired) electrons. The van der Waals surface area contributed by atoms with Crippen LogP contribution in [0, 0.1) is 15.5 Å². The number of benzene rings is 1. The zero-order valence-electron chi connectivity index (χ0n) is 8.98. The van der Waals surface area contributed by atoms with Crippen LogP contribution in [0.2, 0.25) is 0 Å². The van der Waals surface area contributed by atoms with E-state index in [4.69, 9.17) is 0 Å². The summed E-state index contributed by atoms with van der Waals surface area (Å²) in [4.78, 5) is 22.1. The molecule has 0 unspecified atom stereocenters. The summed E-state index contributed by atoms with van der Waals surface area (Å²) in [5.74, 6) is -0.213. The lowest BCUT2D eigenvalue weighted by Gasteiger charge is -2.16. The van der Waals surface area contributed by atoms with Gasteiger partial charge < -0.3 is 0 Å². The fraction of sp³-hybridized carbons (Fsp3) is 0.364. The second-order valence-electron chi connectivity index (χ2n) is 4.35. The standard InChI is InChI=1S/C11H13NO3/c1-11(2,3)10(13)8-6-4-5-7-9(8)12(14)15/h4-7H,1-3H3. The zero-order chi connectivity index (χ0) is 11.6. The molecule has 1 aromatic rings. The Hall–Kier alpha value is -1.71. The number of hydrogen-bond donors (Lipinski definition) is 0. The lowest BCUT2D eigenvalue weighted by atomic mass is 9.86. The molecule has 0 bridgehead atoms. The van der Waals surface area contributed by atoms with Crippen molar-refractivity contribution in [3.63, 3.8) is 0 Å². The van der Waals surface area contributed by atoms with Crippen molar-refractivity contribution in [1.29, 1.82) is 0 Å². The van der Waals surface area contributed by atoms with Gasteiger partial charge in [-0.05, 0) is 6.07 Å². The second kappa shape index (κ2) is 3.81. The topological polar surface area (TPSA) is 60.2 Å². The van der Waals surface area contributed by atoms with E-state index in [1.807, 2.05) is 0 Å². The number of nitrogens with zero attached hydrogens (tertiary/aromatic N) is 1. The number of para-hydroxylation sites is 1. The van der Waals surface area contributed by atoms with Gasteiger partial charge in [0.1, 0.15) is 0 Å². The number of nitro benzene ring substituents is 1. The third-order valence-electron chi connectivity index (χ3n) is 2.03. The summed E-state index contributed by atoms with van der Waals surface area (Å²) in [6, 6.07) is 6.02. The molecule has 0 saturated heterocycles. The third kappa shape index (κ3) is 2.40. The van der Waals surface area contributed by atoms with Crippen molar-refractivity contribution in [2.24, 2.45) is 5.41 Å². The van der Waals surface area contributed by atoms with Crippen LogP contribution in [0.15, 0.2) is 24.3 Å². The molecule has 80 valence electrons. The van der Waals surface area contributed by atoms with Gasteiger partial charge in [-0.15, -0.1) is 0 Å². The van der Waals surface area contributed by atoms with E-state index in [9.17, 15) is 14.9 Å². The molecule has 1 rings (SSSR count). The van der Waals surface area contributed by atoms with E-state index in [-0.39, 0.29) is 17.0 Å². The van der Waals surface area contributed by atoms with Gasteiger partial charge in [-0.3, -0.25) is 14.9 Å². The second-order valence-corrected chi connectivity index (χ2v) is 4.35. The van der Waals surface area contributed by atoms with Crippen LogP contribution in [0.5, 0.6) is 0 Å². The van der Waals surface area contributed by atoms with Gasteiger partial charge in [0.25, 0.3) is 5.69 Å². The lowest BCUT2D eigenvalue weighted by Crippen LogP contribution is -2.21. The molecule has 0 aliphatic rings. The SMILES string of the molecule is CC(C)(C)C(=O)c1ccccc1[N+](=O)[O-]. The number of nitro groups is 1. The molecule has 0 aliphatic heterocycles. The Labute approximate surface area is 88.1 Å². The first-order chi connectivity index (χ1) is 6.84. The maximum Gasteiger partial charge on any atom is 0.280 e. The summed E-state index contributed by atoms with van der Waals surface area (Å²) in [6.07, 6.45) is 0. The molecule has 0 heterocycles. The molecule has 0 atom stereocenters. The fourth-order valence-electron chi connectivity index (χ4n) is 1.23. The molecular formula is C11H13NO3. The normalized spacial score (nSPS) is 11.1. The van der Waals surface area contributed by atoms with E-state index in [0.29, 0.717) is 0 Å². The first-order valence-corrected chi connectivity index (χ1v) is 4.62. The lowest BCUT2D eigenvalue weighted by molar-refractivity contribution is -0.385. The minimum absolute atomic E-state index is 0.127. The number of ketones is 1. The summed E-state index contributed by atoms with van der Waals surface area (Å²) in [5, 5.41) is 10.7. The molecule has 1 aromatic carbocycles. The summed E-state index contributed by atoms with van der Waals surface area (Å²) in [6.45, 7) is 5.23. The molecule has 0 amide bonds. The van der Waals surface area contributed by atoms with Crippen molar-refractivity contribution in [3.05, 3.63) is 39.9 Å². The van der Waals surface area contributed by atoms with Gasteiger partial charge in [0.15, 0.2) is 5.78 Å². The predicted octanol–water partition coefficient (Wildman–Crippen LogP) is 2.82. The Morgan fingerprint density at radius 3 is 2.27 bits per heavy atom. The Kier molecular flexibility index (Phi) is 2.88. The number of carbonyl (C=O) groups excluding carboxylic acids is 1. The molecule has 0 aliphatic carbocycles. The number of hydrogen-bond acceptors (Lipinski definition) is 3. The highest BCUT2D eigenvalue weighted by Gasteiger charge is 2.28. The number of Topliss-reactive ketones (excluding diaryl/α,β-unsaturated/α-hetero) is 1. The van der Waals surface area contributed by atoms with E-state index in [1.165, 1.54) is 12.1 Å². The highest BCUT2D eigenvalue weighted by Crippen LogP contribution is 2.26. The summed E-state index contributed by atoms with van der Waals surface area (Å²) in [5.41, 5.74) is -0.557.